The van der Waals surface area contributed by atoms with E-state index in [0.29, 0.717) is 33.1 Å². The molecule has 0 radical (unpaired) electrons. The number of hydrogen-bond donors (Lipinski definition) is 2. The first-order chi connectivity index (χ1) is 12.5. The van der Waals surface area contributed by atoms with E-state index in [1.807, 2.05) is 30.3 Å². The van der Waals surface area contributed by atoms with Crippen LogP contribution >= 0.6 is 35.0 Å². The van der Waals surface area contributed by atoms with Gasteiger partial charge in [0, 0.05) is 6.42 Å². The van der Waals surface area contributed by atoms with Gasteiger partial charge in [-0.05, 0) is 17.7 Å². The summed E-state index contributed by atoms with van der Waals surface area (Å²) < 4.78 is 1.40. The molecule has 0 bridgehead atoms. The second-order valence-electron chi connectivity index (χ2n) is 5.37. The summed E-state index contributed by atoms with van der Waals surface area (Å²) in [6, 6.07) is 14.9. The van der Waals surface area contributed by atoms with Crippen LogP contribution in [0.2, 0.25) is 10.0 Å². The van der Waals surface area contributed by atoms with Crippen LogP contribution in [-0.2, 0) is 11.2 Å². The summed E-state index contributed by atoms with van der Waals surface area (Å²) in [7, 11) is 0. The Balaban J connectivity index is 1.59. The Morgan fingerprint density at radius 3 is 2.65 bits per heavy atom. The zero-order chi connectivity index (χ0) is 18.5. The number of rotatable bonds is 6. The zero-order valence-electron chi connectivity index (χ0n) is 13.5. The van der Waals surface area contributed by atoms with Crippen molar-refractivity contribution in [1.82, 2.24) is 14.9 Å². The van der Waals surface area contributed by atoms with Crippen LogP contribution in [0.1, 0.15) is 11.4 Å². The average Bonchev–Trinajstić information content (AvgIpc) is 2.98. The summed E-state index contributed by atoms with van der Waals surface area (Å²) in [6.45, 7) is 0. The van der Waals surface area contributed by atoms with Gasteiger partial charge in [-0.15, -0.1) is 10.2 Å². The predicted octanol–water partition coefficient (Wildman–Crippen LogP) is 3.62. The lowest BCUT2D eigenvalue weighted by Gasteiger charge is -2.08. The highest BCUT2D eigenvalue weighted by atomic mass is 35.5. The normalized spacial score (nSPS) is 10.7. The monoisotopic (exact) mass is 407 g/mol. The first-order valence-corrected chi connectivity index (χ1v) is 9.38. The Morgan fingerprint density at radius 2 is 1.88 bits per heavy atom. The molecular formula is C17H15Cl2N5OS. The molecule has 3 aromatic rings. The standard InChI is InChI=1S/C17H15Cl2N5OS/c18-12-7-4-8-13(16(12)19)21-15(25)10-26-17-23-22-14(24(17)20)9-11-5-2-1-3-6-11/h1-8H,9-10,20H2,(H,21,25). The maximum atomic E-state index is 12.1. The fourth-order valence-corrected chi connectivity index (χ4v) is 3.24. The van der Waals surface area contributed by atoms with Gasteiger partial charge in [-0.3, -0.25) is 4.79 Å². The molecule has 0 fully saturated rings. The highest BCUT2D eigenvalue weighted by molar-refractivity contribution is 7.99. The molecule has 0 saturated carbocycles. The third kappa shape index (κ3) is 4.49. The first kappa shape index (κ1) is 18.6. The number of halogens is 2. The molecule has 6 nitrogen and oxygen atoms in total. The largest absolute Gasteiger partial charge is 0.336 e. The van der Waals surface area contributed by atoms with Crippen molar-refractivity contribution in [2.24, 2.45) is 0 Å². The van der Waals surface area contributed by atoms with Gasteiger partial charge in [0.15, 0.2) is 5.82 Å². The van der Waals surface area contributed by atoms with Crippen molar-refractivity contribution in [3.63, 3.8) is 0 Å². The second-order valence-corrected chi connectivity index (χ2v) is 7.10. The van der Waals surface area contributed by atoms with E-state index in [-0.39, 0.29) is 11.7 Å². The van der Waals surface area contributed by atoms with Crippen LogP contribution in [0.5, 0.6) is 0 Å². The summed E-state index contributed by atoms with van der Waals surface area (Å²) in [5.74, 6) is 6.53. The Kier molecular flexibility index (Phi) is 6.03. The van der Waals surface area contributed by atoms with Gasteiger partial charge in [-0.1, -0.05) is 71.4 Å². The summed E-state index contributed by atoms with van der Waals surface area (Å²) >= 11 is 13.2. The molecule has 0 unspecified atom stereocenters. The van der Waals surface area contributed by atoms with Crippen molar-refractivity contribution in [3.8, 4) is 0 Å². The van der Waals surface area contributed by atoms with Gasteiger partial charge < -0.3 is 11.2 Å². The molecule has 1 amide bonds. The van der Waals surface area contributed by atoms with Crippen LogP contribution < -0.4 is 11.2 Å². The van der Waals surface area contributed by atoms with E-state index in [4.69, 9.17) is 29.0 Å². The smallest absolute Gasteiger partial charge is 0.234 e. The molecule has 0 aliphatic carbocycles. The van der Waals surface area contributed by atoms with Crippen molar-refractivity contribution in [2.45, 2.75) is 11.6 Å². The van der Waals surface area contributed by atoms with Crippen LogP contribution in [0.3, 0.4) is 0 Å². The van der Waals surface area contributed by atoms with Crippen LogP contribution in [0.15, 0.2) is 53.7 Å². The molecule has 1 heterocycles. The fourth-order valence-electron chi connectivity index (χ4n) is 2.22. The number of thioether (sulfide) groups is 1. The molecule has 0 atom stereocenters. The number of nitrogens with one attached hydrogen (secondary N) is 1. The number of aromatic nitrogens is 3. The molecule has 0 saturated heterocycles. The number of nitrogen functional groups attached to an aromatic ring is 1. The number of carbonyl (C=O) groups excluding carboxylic acids is 1. The summed E-state index contributed by atoms with van der Waals surface area (Å²) in [5.41, 5.74) is 1.54. The number of carbonyl (C=O) groups is 1. The van der Waals surface area contributed by atoms with E-state index in [1.165, 1.54) is 16.4 Å². The summed E-state index contributed by atoms with van der Waals surface area (Å²) in [6.07, 6.45) is 0.565. The Hall–Kier alpha value is -2.22. The highest BCUT2D eigenvalue weighted by Crippen LogP contribution is 2.29. The number of amides is 1. The molecule has 0 aliphatic heterocycles. The second kappa shape index (κ2) is 8.44. The highest BCUT2D eigenvalue weighted by Gasteiger charge is 2.14. The zero-order valence-corrected chi connectivity index (χ0v) is 15.9. The number of benzene rings is 2. The van der Waals surface area contributed by atoms with E-state index >= 15 is 0 Å². The lowest BCUT2D eigenvalue weighted by Crippen LogP contribution is -2.17. The van der Waals surface area contributed by atoms with Crippen molar-refractivity contribution in [2.75, 3.05) is 16.9 Å². The quantitative estimate of drug-likeness (QED) is 0.481. The molecule has 9 heteroatoms. The molecule has 2 aromatic carbocycles. The minimum absolute atomic E-state index is 0.115. The number of nitrogens with zero attached hydrogens (tertiary/aromatic N) is 3. The maximum absolute atomic E-state index is 12.1. The van der Waals surface area contributed by atoms with Gasteiger partial charge in [-0.25, -0.2) is 4.68 Å². The molecule has 3 rings (SSSR count). The van der Waals surface area contributed by atoms with E-state index < -0.39 is 0 Å². The van der Waals surface area contributed by atoms with Crippen molar-refractivity contribution < 1.29 is 4.79 Å². The minimum atomic E-state index is -0.244. The molecule has 0 aliphatic rings. The minimum Gasteiger partial charge on any atom is -0.336 e. The van der Waals surface area contributed by atoms with Crippen molar-refractivity contribution in [3.05, 3.63) is 70.0 Å². The van der Waals surface area contributed by atoms with E-state index in [0.717, 1.165) is 5.56 Å². The molecular weight excluding hydrogens is 393 g/mol. The Morgan fingerprint density at radius 1 is 1.12 bits per heavy atom. The number of nitrogens with two attached hydrogens (primary N) is 1. The van der Waals surface area contributed by atoms with Gasteiger partial charge in [0.1, 0.15) is 0 Å². The van der Waals surface area contributed by atoms with Crippen molar-refractivity contribution in [1.29, 1.82) is 0 Å². The van der Waals surface area contributed by atoms with Gasteiger partial charge in [0.2, 0.25) is 11.1 Å². The van der Waals surface area contributed by atoms with Gasteiger partial charge in [0.25, 0.3) is 0 Å². The number of hydrogen-bond acceptors (Lipinski definition) is 5. The maximum Gasteiger partial charge on any atom is 0.234 e. The van der Waals surface area contributed by atoms with Crippen LogP contribution in [-0.4, -0.2) is 26.5 Å². The predicted molar refractivity (Wildman–Crippen MR) is 105 cm³/mol. The van der Waals surface area contributed by atoms with Gasteiger partial charge >= 0.3 is 0 Å². The van der Waals surface area contributed by atoms with E-state index in [1.54, 1.807) is 18.2 Å². The SMILES string of the molecule is Nn1c(Cc2ccccc2)nnc1SCC(=O)Nc1cccc(Cl)c1Cl. The fraction of sp³-hybridized carbons (Fsp3) is 0.118. The van der Waals surface area contributed by atoms with Crippen LogP contribution in [0, 0.1) is 0 Å². The Labute approximate surface area is 164 Å². The molecule has 3 N–H and O–H groups in total. The van der Waals surface area contributed by atoms with Gasteiger partial charge in [-0.2, -0.15) is 0 Å². The van der Waals surface area contributed by atoms with Gasteiger partial charge in [0.05, 0.1) is 21.5 Å². The first-order valence-electron chi connectivity index (χ1n) is 7.64. The average molecular weight is 408 g/mol. The molecule has 26 heavy (non-hydrogen) atoms. The lowest BCUT2D eigenvalue weighted by molar-refractivity contribution is -0.113. The van der Waals surface area contributed by atoms with E-state index in [9.17, 15) is 4.79 Å². The molecule has 134 valence electrons. The van der Waals surface area contributed by atoms with E-state index in [2.05, 4.69) is 15.5 Å². The summed E-state index contributed by atoms with van der Waals surface area (Å²) in [4.78, 5) is 12.1. The summed E-state index contributed by atoms with van der Waals surface area (Å²) in [5, 5.41) is 12.0. The third-order valence-electron chi connectivity index (χ3n) is 3.50. The van der Waals surface area contributed by atoms with Crippen molar-refractivity contribution >= 4 is 46.6 Å². The van der Waals surface area contributed by atoms with Crippen LogP contribution in [0.4, 0.5) is 5.69 Å². The third-order valence-corrected chi connectivity index (χ3v) is 5.26. The number of anilines is 1. The topological polar surface area (TPSA) is 85.8 Å². The molecule has 1 aromatic heterocycles. The Bertz CT molecular complexity index is 917. The van der Waals surface area contributed by atoms with Crippen LogP contribution in [0.25, 0.3) is 0 Å². The lowest BCUT2D eigenvalue weighted by atomic mass is 10.1. The molecule has 0 spiro atoms.